The lowest BCUT2D eigenvalue weighted by Crippen LogP contribution is -2.41. The highest BCUT2D eigenvalue weighted by atomic mass is 32.1. The molecule has 2 rings (SSSR count). The molecule has 0 atom stereocenters. The average Bonchev–Trinajstić information content (AvgIpc) is 3.11. The number of aryl methyl sites for hydroxylation is 3. The van der Waals surface area contributed by atoms with Gasteiger partial charge < -0.3 is 10.2 Å². The van der Waals surface area contributed by atoms with Crippen LogP contribution < -0.4 is 5.32 Å². The summed E-state index contributed by atoms with van der Waals surface area (Å²) >= 11 is 1.68. The number of hydrogen-bond donors (Lipinski definition) is 1. The normalized spacial score (nSPS) is 11.0. The molecular formula is C17H27N5OS. The molecule has 2 amide bonds. The van der Waals surface area contributed by atoms with Crippen molar-refractivity contribution in [3.63, 3.8) is 0 Å². The van der Waals surface area contributed by atoms with E-state index in [4.69, 9.17) is 0 Å². The summed E-state index contributed by atoms with van der Waals surface area (Å²) in [5.41, 5.74) is 4.03. The standard InChI is InChI=1S/C17H27N5OS/c1-13(2)9-22(11-15-8-20-21(4)10-15)17(23)18-7-5-6-16-14(3)19-12-24-16/h8,10,12-13H,5-7,9,11H2,1-4H3,(H,18,23). The summed E-state index contributed by atoms with van der Waals surface area (Å²) in [6.45, 7) is 8.27. The van der Waals surface area contributed by atoms with Crippen LogP contribution in [0.15, 0.2) is 17.9 Å². The molecule has 7 heteroatoms. The van der Waals surface area contributed by atoms with E-state index >= 15 is 0 Å². The maximum absolute atomic E-state index is 12.5. The monoisotopic (exact) mass is 349 g/mol. The van der Waals surface area contributed by atoms with Crippen LogP contribution in [0.3, 0.4) is 0 Å². The van der Waals surface area contributed by atoms with Crippen molar-refractivity contribution < 1.29 is 4.79 Å². The molecule has 2 heterocycles. The van der Waals surface area contributed by atoms with Gasteiger partial charge in [0.2, 0.25) is 0 Å². The maximum Gasteiger partial charge on any atom is 0.317 e. The first-order chi connectivity index (χ1) is 11.5. The topological polar surface area (TPSA) is 63.1 Å². The van der Waals surface area contributed by atoms with E-state index in [1.165, 1.54) is 4.88 Å². The highest BCUT2D eigenvalue weighted by molar-refractivity contribution is 7.09. The Labute approximate surface area is 147 Å². The second kappa shape index (κ2) is 8.82. The van der Waals surface area contributed by atoms with E-state index in [9.17, 15) is 4.79 Å². The van der Waals surface area contributed by atoms with E-state index in [1.807, 2.05) is 36.8 Å². The van der Waals surface area contributed by atoms with Crippen molar-refractivity contribution in [2.75, 3.05) is 13.1 Å². The Kier molecular flexibility index (Phi) is 6.78. The minimum Gasteiger partial charge on any atom is -0.338 e. The molecule has 6 nitrogen and oxygen atoms in total. The highest BCUT2D eigenvalue weighted by Crippen LogP contribution is 2.14. The average molecular weight is 350 g/mol. The zero-order valence-electron chi connectivity index (χ0n) is 15.0. The van der Waals surface area contributed by atoms with Gasteiger partial charge >= 0.3 is 6.03 Å². The van der Waals surface area contributed by atoms with Crippen LogP contribution in [0.2, 0.25) is 0 Å². The highest BCUT2D eigenvalue weighted by Gasteiger charge is 2.15. The maximum atomic E-state index is 12.5. The van der Waals surface area contributed by atoms with Gasteiger partial charge in [-0.1, -0.05) is 13.8 Å². The second-order valence-corrected chi connectivity index (χ2v) is 7.43. The van der Waals surface area contributed by atoms with Crippen molar-refractivity contribution in [2.24, 2.45) is 13.0 Å². The molecular weight excluding hydrogens is 322 g/mol. The summed E-state index contributed by atoms with van der Waals surface area (Å²) in [6.07, 6.45) is 5.65. The Morgan fingerprint density at radius 2 is 2.25 bits per heavy atom. The molecule has 0 saturated heterocycles. The Balaban J connectivity index is 1.82. The lowest BCUT2D eigenvalue weighted by molar-refractivity contribution is 0.187. The van der Waals surface area contributed by atoms with Crippen LogP contribution in [0.25, 0.3) is 0 Å². The smallest absolute Gasteiger partial charge is 0.317 e. The van der Waals surface area contributed by atoms with Crippen molar-refractivity contribution in [3.05, 3.63) is 34.0 Å². The molecule has 24 heavy (non-hydrogen) atoms. The molecule has 0 bridgehead atoms. The first-order valence-electron chi connectivity index (χ1n) is 8.35. The van der Waals surface area contributed by atoms with Crippen molar-refractivity contribution in [1.82, 2.24) is 25.0 Å². The van der Waals surface area contributed by atoms with Crippen molar-refractivity contribution in [3.8, 4) is 0 Å². The third-order valence-corrected chi connectivity index (χ3v) is 4.70. The number of nitrogens with zero attached hydrogens (tertiary/aromatic N) is 4. The Morgan fingerprint density at radius 3 is 2.83 bits per heavy atom. The third kappa shape index (κ3) is 5.63. The fraction of sp³-hybridized carbons (Fsp3) is 0.588. The largest absolute Gasteiger partial charge is 0.338 e. The number of rotatable bonds is 8. The number of thiazole rings is 1. The number of nitrogens with one attached hydrogen (secondary N) is 1. The van der Waals surface area contributed by atoms with Gasteiger partial charge in [-0.25, -0.2) is 9.78 Å². The minimum atomic E-state index is -0.00594. The third-order valence-electron chi connectivity index (χ3n) is 3.71. The fourth-order valence-electron chi connectivity index (χ4n) is 2.56. The first-order valence-corrected chi connectivity index (χ1v) is 9.23. The van der Waals surface area contributed by atoms with Crippen LogP contribution in [0, 0.1) is 12.8 Å². The number of amides is 2. The van der Waals surface area contributed by atoms with Crippen LogP contribution in [-0.4, -0.2) is 38.8 Å². The summed E-state index contributed by atoms with van der Waals surface area (Å²) in [6, 6.07) is -0.00594. The second-order valence-electron chi connectivity index (χ2n) is 6.49. The van der Waals surface area contributed by atoms with E-state index in [1.54, 1.807) is 16.0 Å². The lowest BCUT2D eigenvalue weighted by Gasteiger charge is -2.24. The van der Waals surface area contributed by atoms with Crippen LogP contribution in [0.5, 0.6) is 0 Å². The molecule has 0 aliphatic carbocycles. The van der Waals surface area contributed by atoms with Gasteiger partial charge in [0, 0.05) is 36.8 Å². The predicted molar refractivity (Wildman–Crippen MR) is 97.0 cm³/mol. The van der Waals surface area contributed by atoms with E-state index < -0.39 is 0 Å². The number of carbonyl (C=O) groups excluding carboxylic acids is 1. The molecule has 0 aromatic carbocycles. The van der Waals surface area contributed by atoms with Crippen molar-refractivity contribution in [2.45, 2.75) is 40.2 Å². The van der Waals surface area contributed by atoms with E-state index in [0.717, 1.165) is 30.6 Å². The fourth-order valence-corrected chi connectivity index (χ4v) is 3.38. The molecule has 0 aliphatic heterocycles. The SMILES string of the molecule is Cc1ncsc1CCCNC(=O)N(Cc1cnn(C)c1)CC(C)C. The number of hydrogen-bond acceptors (Lipinski definition) is 4. The summed E-state index contributed by atoms with van der Waals surface area (Å²) < 4.78 is 1.76. The first kappa shape index (κ1) is 18.4. The molecule has 0 fully saturated rings. The summed E-state index contributed by atoms with van der Waals surface area (Å²) in [5, 5.41) is 7.21. The van der Waals surface area contributed by atoms with Crippen molar-refractivity contribution in [1.29, 1.82) is 0 Å². The zero-order chi connectivity index (χ0) is 17.5. The quantitative estimate of drug-likeness (QED) is 0.745. The van der Waals surface area contributed by atoms with Gasteiger partial charge in [0.1, 0.15) is 0 Å². The van der Waals surface area contributed by atoms with Gasteiger partial charge in [-0.05, 0) is 25.7 Å². The minimum absolute atomic E-state index is 0.00594. The predicted octanol–water partition coefficient (Wildman–Crippen LogP) is 2.99. The van der Waals surface area contributed by atoms with Crippen LogP contribution >= 0.6 is 11.3 Å². The molecule has 0 spiro atoms. The Morgan fingerprint density at radius 1 is 1.46 bits per heavy atom. The molecule has 132 valence electrons. The van der Waals surface area contributed by atoms with E-state index in [2.05, 4.69) is 29.2 Å². The summed E-state index contributed by atoms with van der Waals surface area (Å²) in [5.74, 6) is 0.423. The number of aromatic nitrogens is 3. The zero-order valence-corrected chi connectivity index (χ0v) is 15.8. The van der Waals surface area contributed by atoms with Gasteiger partial charge in [-0.2, -0.15) is 5.10 Å². The van der Waals surface area contributed by atoms with Crippen LogP contribution in [0.1, 0.15) is 36.4 Å². The molecule has 0 saturated carbocycles. The van der Waals surface area contributed by atoms with Gasteiger partial charge in [0.05, 0.1) is 23.9 Å². The molecule has 1 N–H and O–H groups in total. The van der Waals surface area contributed by atoms with Gasteiger partial charge in [0.15, 0.2) is 0 Å². The van der Waals surface area contributed by atoms with Crippen LogP contribution in [-0.2, 0) is 20.0 Å². The number of carbonyl (C=O) groups is 1. The Hall–Kier alpha value is -1.89. The van der Waals surface area contributed by atoms with Gasteiger partial charge in [-0.15, -0.1) is 11.3 Å². The van der Waals surface area contributed by atoms with Crippen LogP contribution in [0.4, 0.5) is 4.79 Å². The lowest BCUT2D eigenvalue weighted by atomic mass is 10.2. The Bertz CT molecular complexity index is 649. The molecule has 2 aromatic heterocycles. The molecule has 2 aromatic rings. The number of urea groups is 1. The van der Waals surface area contributed by atoms with Gasteiger partial charge in [0.25, 0.3) is 0 Å². The van der Waals surface area contributed by atoms with E-state index in [-0.39, 0.29) is 6.03 Å². The summed E-state index contributed by atoms with van der Waals surface area (Å²) in [4.78, 5) is 19.9. The van der Waals surface area contributed by atoms with Crippen molar-refractivity contribution >= 4 is 17.4 Å². The molecule has 0 unspecified atom stereocenters. The van der Waals surface area contributed by atoms with E-state index in [0.29, 0.717) is 19.0 Å². The molecule has 0 radical (unpaired) electrons. The van der Waals surface area contributed by atoms with Gasteiger partial charge in [-0.3, -0.25) is 4.68 Å². The summed E-state index contributed by atoms with van der Waals surface area (Å²) in [7, 11) is 1.89. The molecule has 0 aliphatic rings.